The van der Waals surface area contributed by atoms with E-state index < -0.39 is 0 Å². The lowest BCUT2D eigenvalue weighted by molar-refractivity contribution is -0.140. The van der Waals surface area contributed by atoms with Crippen molar-refractivity contribution in [2.24, 2.45) is 5.41 Å². The third-order valence-electron chi connectivity index (χ3n) is 4.40. The summed E-state index contributed by atoms with van der Waals surface area (Å²) in [4.78, 5) is 24.9. The summed E-state index contributed by atoms with van der Waals surface area (Å²) < 4.78 is 5.66. The largest absolute Gasteiger partial charge is 0.430 e. The van der Waals surface area contributed by atoms with Gasteiger partial charge in [0.1, 0.15) is 5.76 Å². The van der Waals surface area contributed by atoms with Gasteiger partial charge in [-0.15, -0.1) is 0 Å². The van der Waals surface area contributed by atoms with Crippen LogP contribution in [0.15, 0.2) is 30.0 Å². The zero-order valence-corrected chi connectivity index (χ0v) is 15.3. The molecule has 0 bridgehead atoms. The third kappa shape index (κ3) is 4.80. The molecule has 1 aliphatic carbocycles. The summed E-state index contributed by atoms with van der Waals surface area (Å²) in [7, 11) is 0. The number of rotatable bonds is 6. The molecular formula is C21H28O3. The number of ketones is 1. The maximum atomic E-state index is 12.7. The number of benzene rings is 1. The number of esters is 1. The second kappa shape index (κ2) is 7.78. The van der Waals surface area contributed by atoms with E-state index in [0.29, 0.717) is 30.6 Å². The maximum Gasteiger partial charge on any atom is 0.310 e. The number of carbonyl (C=O) groups is 2. The zero-order valence-electron chi connectivity index (χ0n) is 15.3. The second-order valence-electron chi connectivity index (χ2n) is 7.54. The van der Waals surface area contributed by atoms with Crippen LogP contribution in [0.2, 0.25) is 0 Å². The van der Waals surface area contributed by atoms with Crippen molar-refractivity contribution in [3.05, 3.63) is 41.2 Å². The predicted octanol–water partition coefficient (Wildman–Crippen LogP) is 5.22. The molecule has 0 fully saturated rings. The lowest BCUT2D eigenvalue weighted by Gasteiger charge is -2.31. The van der Waals surface area contributed by atoms with Gasteiger partial charge in [0.15, 0.2) is 5.78 Å². The molecule has 1 aromatic rings. The van der Waals surface area contributed by atoms with Gasteiger partial charge in [-0.2, -0.15) is 0 Å². The summed E-state index contributed by atoms with van der Waals surface area (Å²) in [6.07, 6.45) is 4.42. The van der Waals surface area contributed by atoms with Crippen LogP contribution in [-0.2, 0) is 14.3 Å². The van der Waals surface area contributed by atoms with Crippen LogP contribution in [0.5, 0.6) is 0 Å². The van der Waals surface area contributed by atoms with E-state index >= 15 is 0 Å². The van der Waals surface area contributed by atoms with Crippen LogP contribution in [0.4, 0.5) is 0 Å². The van der Waals surface area contributed by atoms with Crippen molar-refractivity contribution < 1.29 is 14.3 Å². The summed E-state index contributed by atoms with van der Waals surface area (Å²) in [5.41, 5.74) is 2.39. The molecule has 0 spiro atoms. The molecule has 3 heteroatoms. The number of ether oxygens (including phenoxy) is 1. The fourth-order valence-corrected chi connectivity index (χ4v) is 3.10. The average Bonchev–Trinajstić information content (AvgIpc) is 2.47. The van der Waals surface area contributed by atoms with Gasteiger partial charge in [-0.1, -0.05) is 63.4 Å². The van der Waals surface area contributed by atoms with Crippen LogP contribution in [-0.4, -0.2) is 11.8 Å². The van der Waals surface area contributed by atoms with Crippen LogP contribution in [0.3, 0.4) is 0 Å². The van der Waals surface area contributed by atoms with Crippen molar-refractivity contribution in [2.45, 2.75) is 66.2 Å². The smallest absolute Gasteiger partial charge is 0.310 e. The summed E-state index contributed by atoms with van der Waals surface area (Å²) in [5.74, 6) is 0.377. The van der Waals surface area contributed by atoms with Gasteiger partial charge in [0.25, 0.3) is 0 Å². The molecule has 3 nitrogen and oxygen atoms in total. The van der Waals surface area contributed by atoms with E-state index in [1.807, 2.05) is 45.0 Å². The molecule has 0 atom stereocenters. The molecule has 0 unspecified atom stereocenters. The van der Waals surface area contributed by atoms with Crippen LogP contribution in [0, 0.1) is 12.3 Å². The quantitative estimate of drug-likeness (QED) is 0.531. The van der Waals surface area contributed by atoms with Gasteiger partial charge in [0, 0.05) is 19.3 Å². The Morgan fingerprint density at radius 1 is 1.12 bits per heavy atom. The summed E-state index contributed by atoms with van der Waals surface area (Å²) in [5, 5.41) is 0. The molecule has 0 amide bonds. The van der Waals surface area contributed by atoms with Gasteiger partial charge in [-0.3, -0.25) is 9.59 Å². The summed E-state index contributed by atoms with van der Waals surface area (Å²) in [6.45, 7) is 8.20. The molecule has 0 saturated carbocycles. The normalized spacial score (nSPS) is 17.1. The van der Waals surface area contributed by atoms with Crippen molar-refractivity contribution in [1.82, 2.24) is 0 Å². The molecule has 1 aromatic carbocycles. The number of allylic oxidation sites excluding steroid dienone is 2. The first kappa shape index (κ1) is 18.4. The molecule has 0 saturated heterocycles. The Labute approximate surface area is 145 Å². The zero-order chi connectivity index (χ0) is 17.7. The van der Waals surface area contributed by atoms with Gasteiger partial charge in [-0.05, 0) is 24.3 Å². The van der Waals surface area contributed by atoms with E-state index in [-0.39, 0.29) is 17.2 Å². The van der Waals surface area contributed by atoms with Crippen molar-refractivity contribution >= 4 is 17.3 Å². The lowest BCUT2D eigenvalue weighted by Crippen LogP contribution is -2.27. The highest BCUT2D eigenvalue weighted by Crippen LogP contribution is 2.41. The predicted molar refractivity (Wildman–Crippen MR) is 96.4 cm³/mol. The Hall–Kier alpha value is -1.90. The minimum atomic E-state index is -0.228. The van der Waals surface area contributed by atoms with Crippen molar-refractivity contribution in [3.63, 3.8) is 0 Å². The number of Topliss-reactive ketones (excluding diaryl/α,β-unsaturated/α-hetero) is 1. The van der Waals surface area contributed by atoms with Gasteiger partial charge >= 0.3 is 5.97 Å². The molecule has 0 heterocycles. The summed E-state index contributed by atoms with van der Waals surface area (Å²) >= 11 is 0. The first-order valence-electron chi connectivity index (χ1n) is 8.86. The Kier molecular flexibility index (Phi) is 5.98. The molecule has 0 N–H and O–H groups in total. The molecule has 130 valence electrons. The van der Waals surface area contributed by atoms with Crippen molar-refractivity contribution in [1.29, 1.82) is 0 Å². The van der Waals surface area contributed by atoms with Crippen LogP contribution < -0.4 is 0 Å². The molecule has 24 heavy (non-hydrogen) atoms. The molecular weight excluding hydrogens is 300 g/mol. The van der Waals surface area contributed by atoms with Gasteiger partial charge in [0.2, 0.25) is 0 Å². The Balaban J connectivity index is 2.30. The number of aryl methyl sites for hydroxylation is 1. The fourth-order valence-electron chi connectivity index (χ4n) is 3.10. The topological polar surface area (TPSA) is 43.4 Å². The number of hydrogen-bond donors (Lipinski definition) is 0. The minimum absolute atomic E-state index is 0.0615. The minimum Gasteiger partial charge on any atom is -0.430 e. The van der Waals surface area contributed by atoms with E-state index in [9.17, 15) is 9.59 Å². The Morgan fingerprint density at radius 3 is 2.42 bits per heavy atom. The molecule has 1 aliphatic rings. The van der Waals surface area contributed by atoms with Crippen LogP contribution in [0.25, 0.3) is 5.57 Å². The first-order valence-corrected chi connectivity index (χ1v) is 8.86. The standard InChI is InChI=1S/C21H28O3/c1-5-6-7-8-19(23)24-18-14-21(3,4)13-17(22)20(18)16-11-9-15(2)10-12-16/h9-12H,5-8,13-14H2,1-4H3. The van der Waals surface area contributed by atoms with Crippen LogP contribution >= 0.6 is 0 Å². The molecule has 0 radical (unpaired) electrons. The van der Waals surface area contributed by atoms with E-state index in [2.05, 4.69) is 6.92 Å². The second-order valence-corrected chi connectivity index (χ2v) is 7.54. The van der Waals surface area contributed by atoms with Gasteiger partial charge < -0.3 is 4.74 Å². The SMILES string of the molecule is CCCCCC(=O)OC1=C(c2ccc(C)cc2)C(=O)CC(C)(C)C1. The van der Waals surface area contributed by atoms with E-state index in [1.165, 1.54) is 0 Å². The van der Waals surface area contributed by atoms with Gasteiger partial charge in [0.05, 0.1) is 5.57 Å². The van der Waals surface area contributed by atoms with E-state index in [4.69, 9.17) is 4.74 Å². The highest BCUT2D eigenvalue weighted by molar-refractivity contribution is 6.22. The number of unbranched alkanes of at least 4 members (excludes halogenated alkanes) is 2. The van der Waals surface area contributed by atoms with Gasteiger partial charge in [-0.25, -0.2) is 0 Å². The fraction of sp³-hybridized carbons (Fsp3) is 0.524. The highest BCUT2D eigenvalue weighted by Gasteiger charge is 2.35. The summed E-state index contributed by atoms with van der Waals surface area (Å²) in [6, 6.07) is 7.84. The monoisotopic (exact) mass is 328 g/mol. The van der Waals surface area contributed by atoms with E-state index in [0.717, 1.165) is 30.4 Å². The average molecular weight is 328 g/mol. The first-order chi connectivity index (χ1) is 11.3. The molecule has 0 aromatic heterocycles. The highest BCUT2D eigenvalue weighted by atomic mass is 16.5. The molecule has 0 aliphatic heterocycles. The van der Waals surface area contributed by atoms with Crippen molar-refractivity contribution in [2.75, 3.05) is 0 Å². The van der Waals surface area contributed by atoms with E-state index in [1.54, 1.807) is 0 Å². The number of carbonyl (C=O) groups excluding carboxylic acids is 2. The third-order valence-corrected chi connectivity index (χ3v) is 4.40. The number of hydrogen-bond acceptors (Lipinski definition) is 3. The Morgan fingerprint density at radius 2 is 1.79 bits per heavy atom. The lowest BCUT2D eigenvalue weighted by atomic mass is 9.75. The molecule has 2 rings (SSSR count). The van der Waals surface area contributed by atoms with Crippen LogP contribution in [0.1, 0.15) is 70.4 Å². The Bertz CT molecular complexity index is 636. The van der Waals surface area contributed by atoms with Crippen molar-refractivity contribution in [3.8, 4) is 0 Å². The maximum absolute atomic E-state index is 12.7.